The number of rotatable bonds is 0. The first-order valence-corrected chi connectivity index (χ1v) is 7.67. The van der Waals surface area contributed by atoms with Crippen molar-refractivity contribution in [2.45, 2.75) is 34.3 Å². The summed E-state index contributed by atoms with van der Waals surface area (Å²) >= 11 is 8.43. The normalized spacial score (nSPS) is 81.0. The molecule has 6 fully saturated rings. The predicted octanol–water partition coefficient (Wildman–Crippen LogP) is 3.58. The summed E-state index contributed by atoms with van der Waals surface area (Å²) in [5.74, 6) is 6.39. The number of alkyl halides is 2. The van der Waals surface area contributed by atoms with E-state index in [2.05, 4.69) is 31.9 Å². The average molecular weight is 318 g/mol. The van der Waals surface area contributed by atoms with Crippen LogP contribution in [0.15, 0.2) is 0 Å². The monoisotopic (exact) mass is 316 g/mol. The fourth-order valence-electron chi connectivity index (χ4n) is 6.77. The van der Waals surface area contributed by atoms with Crippen LogP contribution in [0.2, 0.25) is 0 Å². The van der Waals surface area contributed by atoms with Crippen molar-refractivity contribution in [1.29, 1.82) is 0 Å². The van der Waals surface area contributed by atoms with E-state index in [1.165, 1.54) is 25.7 Å². The van der Waals surface area contributed by atoms with Gasteiger partial charge in [-0.2, -0.15) is 0 Å². The number of hydrogen-bond acceptors (Lipinski definition) is 0. The lowest BCUT2D eigenvalue weighted by molar-refractivity contribution is 0.222. The van der Waals surface area contributed by atoms with E-state index in [1.54, 1.807) is 0 Å². The maximum absolute atomic E-state index is 4.22. The highest BCUT2D eigenvalue weighted by molar-refractivity contribution is 9.13. The van der Waals surface area contributed by atoms with Gasteiger partial charge >= 0.3 is 0 Å². The maximum Gasteiger partial charge on any atom is 0.0478 e. The second-order valence-corrected chi connectivity index (χ2v) is 8.90. The highest BCUT2D eigenvalue weighted by atomic mass is 79.9. The molecular formula is C12H14Br2. The molecule has 0 amide bonds. The zero-order valence-corrected chi connectivity index (χ0v) is 11.2. The van der Waals surface area contributed by atoms with Gasteiger partial charge in [0.2, 0.25) is 0 Å². The first-order chi connectivity index (χ1) is 6.70. The predicted molar refractivity (Wildman–Crippen MR) is 62.7 cm³/mol. The summed E-state index contributed by atoms with van der Waals surface area (Å²) in [6, 6.07) is 0. The molecule has 2 unspecified atom stereocenters. The van der Waals surface area contributed by atoms with Crippen LogP contribution in [0, 0.1) is 35.5 Å². The van der Waals surface area contributed by atoms with Gasteiger partial charge in [0.05, 0.1) is 0 Å². The fraction of sp³-hybridized carbons (Fsp3) is 1.00. The van der Waals surface area contributed by atoms with E-state index in [-0.39, 0.29) is 0 Å². The molecule has 0 aliphatic heterocycles. The minimum Gasteiger partial charge on any atom is -0.0832 e. The van der Waals surface area contributed by atoms with E-state index < -0.39 is 0 Å². The third-order valence-corrected chi connectivity index (χ3v) is 10.8. The van der Waals surface area contributed by atoms with Crippen LogP contribution in [0.5, 0.6) is 0 Å². The Labute approximate surface area is 101 Å². The van der Waals surface area contributed by atoms with Gasteiger partial charge in [-0.25, -0.2) is 0 Å². The van der Waals surface area contributed by atoms with Crippen molar-refractivity contribution in [3.63, 3.8) is 0 Å². The summed E-state index contributed by atoms with van der Waals surface area (Å²) in [5.41, 5.74) is 0. The lowest BCUT2D eigenvalue weighted by Crippen LogP contribution is -2.53. The van der Waals surface area contributed by atoms with Gasteiger partial charge in [0.1, 0.15) is 0 Å². The molecule has 0 aromatic rings. The molecule has 6 atom stereocenters. The smallest absolute Gasteiger partial charge is 0.0478 e. The van der Waals surface area contributed by atoms with E-state index in [9.17, 15) is 0 Å². The minimum absolute atomic E-state index is 0.543. The molecule has 14 heavy (non-hydrogen) atoms. The summed E-state index contributed by atoms with van der Waals surface area (Å²) < 4.78 is 1.09. The van der Waals surface area contributed by atoms with Gasteiger partial charge in [0, 0.05) is 8.65 Å². The van der Waals surface area contributed by atoms with E-state index in [4.69, 9.17) is 0 Å². The van der Waals surface area contributed by atoms with Crippen LogP contribution in [-0.2, 0) is 0 Å². The third kappa shape index (κ3) is 0.453. The van der Waals surface area contributed by atoms with E-state index >= 15 is 0 Å². The quantitative estimate of drug-likeness (QED) is 0.599. The summed E-state index contributed by atoms with van der Waals surface area (Å²) in [5, 5.41) is 0. The summed E-state index contributed by atoms with van der Waals surface area (Å²) in [6.07, 6.45) is 6.09. The highest BCUT2D eigenvalue weighted by Crippen LogP contribution is 2.89. The number of halogens is 2. The van der Waals surface area contributed by atoms with Crippen LogP contribution in [0.1, 0.15) is 25.7 Å². The Morgan fingerprint density at radius 1 is 0.643 bits per heavy atom. The first-order valence-electron chi connectivity index (χ1n) is 6.08. The molecule has 0 radical (unpaired) electrons. The van der Waals surface area contributed by atoms with Crippen molar-refractivity contribution in [1.82, 2.24) is 0 Å². The van der Waals surface area contributed by atoms with Crippen LogP contribution in [0.25, 0.3) is 0 Å². The molecule has 6 aliphatic carbocycles. The van der Waals surface area contributed by atoms with Crippen molar-refractivity contribution in [2.75, 3.05) is 0 Å². The molecule has 0 aromatic heterocycles. The SMILES string of the molecule is BrC12[C@@H]3CC[C@@H]4C3C3[C@@H]1CC[C@@H]3C42Br. The second-order valence-electron chi connectivity index (χ2n) is 6.27. The van der Waals surface area contributed by atoms with Crippen LogP contribution >= 0.6 is 31.9 Å². The lowest BCUT2D eigenvalue weighted by atomic mass is 9.70. The standard InChI is InChI=1S/C12H14Br2/c13-11-5-1-2-6-9(5)10-7(11)3-4-8(10)12(6,11)14/h5-10H,1-4H2/t5-,6-,7+,8+,9?,10?,11?,12?. The molecule has 2 heteroatoms. The van der Waals surface area contributed by atoms with Crippen LogP contribution in [0.4, 0.5) is 0 Å². The van der Waals surface area contributed by atoms with Gasteiger partial charge in [-0.3, -0.25) is 0 Å². The maximum atomic E-state index is 4.22. The molecule has 0 saturated heterocycles. The van der Waals surface area contributed by atoms with Gasteiger partial charge in [-0.15, -0.1) is 0 Å². The summed E-state index contributed by atoms with van der Waals surface area (Å²) in [6.45, 7) is 0. The van der Waals surface area contributed by atoms with Crippen molar-refractivity contribution >= 4 is 31.9 Å². The van der Waals surface area contributed by atoms with Crippen LogP contribution in [-0.4, -0.2) is 8.65 Å². The molecule has 6 saturated carbocycles. The van der Waals surface area contributed by atoms with Gasteiger partial charge in [-0.1, -0.05) is 31.9 Å². The molecule has 6 rings (SSSR count). The molecular weight excluding hydrogens is 304 g/mol. The molecule has 0 nitrogen and oxygen atoms in total. The van der Waals surface area contributed by atoms with Gasteiger partial charge in [0.25, 0.3) is 0 Å². The Morgan fingerprint density at radius 2 is 0.929 bits per heavy atom. The molecule has 0 aromatic carbocycles. The van der Waals surface area contributed by atoms with Crippen molar-refractivity contribution in [3.05, 3.63) is 0 Å². The van der Waals surface area contributed by atoms with E-state index in [1.807, 2.05) is 0 Å². The van der Waals surface area contributed by atoms with E-state index in [0.29, 0.717) is 8.65 Å². The van der Waals surface area contributed by atoms with Gasteiger partial charge < -0.3 is 0 Å². The zero-order chi connectivity index (χ0) is 9.29. The van der Waals surface area contributed by atoms with Crippen molar-refractivity contribution < 1.29 is 0 Å². The van der Waals surface area contributed by atoms with Crippen molar-refractivity contribution in [2.24, 2.45) is 35.5 Å². The molecule has 76 valence electrons. The molecule has 6 aliphatic rings. The Bertz CT molecular complexity index is 292. The minimum atomic E-state index is 0.543. The fourth-order valence-corrected chi connectivity index (χ4v) is 10.1. The molecule has 0 spiro atoms. The van der Waals surface area contributed by atoms with Crippen molar-refractivity contribution in [3.8, 4) is 0 Å². The Kier molecular flexibility index (Phi) is 1.11. The Balaban J connectivity index is 1.87. The van der Waals surface area contributed by atoms with Gasteiger partial charge in [-0.05, 0) is 61.2 Å². The Morgan fingerprint density at radius 3 is 1.21 bits per heavy atom. The lowest BCUT2D eigenvalue weighted by Gasteiger charge is -2.49. The van der Waals surface area contributed by atoms with Gasteiger partial charge in [0.15, 0.2) is 0 Å². The molecule has 0 N–H and O–H groups in total. The topological polar surface area (TPSA) is 0 Å². The van der Waals surface area contributed by atoms with Crippen LogP contribution < -0.4 is 0 Å². The van der Waals surface area contributed by atoms with Crippen LogP contribution in [0.3, 0.4) is 0 Å². The number of hydrogen-bond donors (Lipinski definition) is 0. The molecule has 0 heterocycles. The average Bonchev–Trinajstić information content (AvgIpc) is 2.82. The third-order valence-electron chi connectivity index (χ3n) is 6.63. The largest absolute Gasteiger partial charge is 0.0832 e. The summed E-state index contributed by atoms with van der Waals surface area (Å²) in [4.78, 5) is 0. The Hall–Kier alpha value is 0.960. The zero-order valence-electron chi connectivity index (χ0n) is 8.05. The summed E-state index contributed by atoms with van der Waals surface area (Å²) in [7, 11) is 0. The first kappa shape index (κ1) is 8.11. The highest BCUT2D eigenvalue weighted by Gasteiger charge is 2.89. The molecule has 8 bridgehead atoms. The second kappa shape index (κ2) is 1.92. The van der Waals surface area contributed by atoms with E-state index in [0.717, 1.165) is 35.5 Å².